The third-order valence-electron chi connectivity index (χ3n) is 5.02. The number of rotatable bonds is 5. The molecule has 6 nitrogen and oxygen atoms in total. The number of hydrogen-bond acceptors (Lipinski definition) is 6. The predicted octanol–water partition coefficient (Wildman–Crippen LogP) is 4.96. The minimum absolute atomic E-state index is 0.0385. The standard InChI is InChI=1S/C23H18N4O2S/c28-22(29)20-9-4-7-17(24-20)15-12-11-14-5-3-8-18(16(14)13-15)26-27-23-25-19-6-1-2-10-21(19)30-23/h1-2,4,6-13,26H,3,5H2,(H,25,27)(H,28,29). The molecule has 1 aliphatic carbocycles. The number of carbonyl (C=O) groups is 1. The van der Waals surface area contributed by atoms with E-state index in [1.807, 2.05) is 30.3 Å². The Hall–Kier alpha value is -3.71. The number of pyridine rings is 1. The smallest absolute Gasteiger partial charge is 0.354 e. The average molecular weight is 414 g/mol. The van der Waals surface area contributed by atoms with Crippen molar-refractivity contribution in [3.63, 3.8) is 0 Å². The minimum Gasteiger partial charge on any atom is -0.477 e. The molecule has 5 rings (SSSR count). The SMILES string of the molecule is O=C(O)c1cccc(-c2ccc3c(c2)C(NNc2nc4ccccc4s2)=CCC3)n1. The van der Waals surface area contributed by atoms with Crippen molar-refractivity contribution < 1.29 is 9.90 Å². The molecule has 0 spiro atoms. The molecule has 2 aromatic heterocycles. The van der Waals surface area contributed by atoms with Crippen LogP contribution in [0.5, 0.6) is 0 Å². The van der Waals surface area contributed by atoms with Crippen LogP contribution in [0.3, 0.4) is 0 Å². The van der Waals surface area contributed by atoms with Gasteiger partial charge >= 0.3 is 5.97 Å². The number of nitrogens with zero attached hydrogens (tertiary/aromatic N) is 2. The van der Waals surface area contributed by atoms with Gasteiger partial charge in [-0.05, 0) is 48.7 Å². The number of hydrazine groups is 1. The number of anilines is 1. The van der Waals surface area contributed by atoms with Gasteiger partial charge in [0.05, 0.1) is 21.6 Å². The normalized spacial score (nSPS) is 12.9. The predicted molar refractivity (Wildman–Crippen MR) is 119 cm³/mol. The molecule has 148 valence electrons. The van der Waals surface area contributed by atoms with Gasteiger partial charge in [-0.1, -0.05) is 47.7 Å². The molecule has 3 N–H and O–H groups in total. The Morgan fingerprint density at radius 3 is 2.77 bits per heavy atom. The number of para-hydroxylation sites is 1. The van der Waals surface area contributed by atoms with Crippen LogP contribution in [0.15, 0.2) is 66.7 Å². The van der Waals surface area contributed by atoms with Crippen LogP contribution in [0.1, 0.15) is 28.0 Å². The fourth-order valence-corrected chi connectivity index (χ4v) is 4.39. The second-order valence-electron chi connectivity index (χ2n) is 6.98. The zero-order chi connectivity index (χ0) is 20.5. The first kappa shape index (κ1) is 18.3. The van der Waals surface area contributed by atoms with Crippen LogP contribution in [0.4, 0.5) is 5.13 Å². The molecule has 0 bridgehead atoms. The van der Waals surface area contributed by atoms with Crippen LogP contribution in [0.2, 0.25) is 0 Å². The maximum Gasteiger partial charge on any atom is 0.354 e. The van der Waals surface area contributed by atoms with Gasteiger partial charge in [0.2, 0.25) is 5.13 Å². The van der Waals surface area contributed by atoms with E-state index in [0.29, 0.717) is 5.69 Å². The Kier molecular flexibility index (Phi) is 4.65. The third kappa shape index (κ3) is 3.51. The van der Waals surface area contributed by atoms with Crippen molar-refractivity contribution in [3.05, 3.63) is 83.6 Å². The van der Waals surface area contributed by atoms with Crippen LogP contribution >= 0.6 is 11.3 Å². The Morgan fingerprint density at radius 1 is 1.00 bits per heavy atom. The van der Waals surface area contributed by atoms with Gasteiger partial charge in [-0.3, -0.25) is 10.9 Å². The molecule has 0 saturated carbocycles. The maximum absolute atomic E-state index is 11.3. The monoisotopic (exact) mass is 414 g/mol. The molecule has 7 heteroatoms. The fraction of sp³-hybridized carbons (Fsp3) is 0.0870. The number of carboxylic acid groups (broad SMARTS) is 1. The lowest BCUT2D eigenvalue weighted by Crippen LogP contribution is -2.22. The van der Waals surface area contributed by atoms with Gasteiger partial charge in [-0.25, -0.2) is 14.8 Å². The quantitative estimate of drug-likeness (QED) is 0.400. The third-order valence-corrected chi connectivity index (χ3v) is 5.98. The van der Waals surface area contributed by atoms with Crippen LogP contribution in [0, 0.1) is 0 Å². The number of fused-ring (bicyclic) bond motifs is 2. The van der Waals surface area contributed by atoms with E-state index < -0.39 is 5.97 Å². The molecular formula is C23H18N4O2S. The van der Waals surface area contributed by atoms with Crippen LogP contribution < -0.4 is 10.9 Å². The second-order valence-corrected chi connectivity index (χ2v) is 8.01. The highest BCUT2D eigenvalue weighted by atomic mass is 32.1. The summed E-state index contributed by atoms with van der Waals surface area (Å²) >= 11 is 1.59. The van der Waals surface area contributed by atoms with Gasteiger partial charge in [0.1, 0.15) is 5.69 Å². The Labute approximate surface area is 176 Å². The molecule has 30 heavy (non-hydrogen) atoms. The van der Waals surface area contributed by atoms with Crippen molar-refractivity contribution in [2.45, 2.75) is 12.8 Å². The molecule has 2 aromatic carbocycles. The molecule has 0 amide bonds. The molecule has 0 aliphatic heterocycles. The van der Waals surface area contributed by atoms with Gasteiger partial charge in [-0.15, -0.1) is 0 Å². The second kappa shape index (κ2) is 7.61. The van der Waals surface area contributed by atoms with Crippen molar-refractivity contribution in [3.8, 4) is 11.3 Å². The van der Waals surface area contributed by atoms with E-state index in [9.17, 15) is 9.90 Å². The van der Waals surface area contributed by atoms with Crippen LogP contribution in [0.25, 0.3) is 27.2 Å². The lowest BCUT2D eigenvalue weighted by atomic mass is 9.92. The summed E-state index contributed by atoms with van der Waals surface area (Å²) < 4.78 is 1.13. The number of hydrogen-bond donors (Lipinski definition) is 3. The summed E-state index contributed by atoms with van der Waals surface area (Å²) in [6, 6.07) is 19.2. The Bertz CT molecular complexity index is 1260. The summed E-state index contributed by atoms with van der Waals surface area (Å²) in [4.78, 5) is 20.1. The number of aromatic carboxylic acids is 1. The van der Waals surface area contributed by atoms with Crippen LogP contribution in [-0.2, 0) is 6.42 Å². The lowest BCUT2D eigenvalue weighted by Gasteiger charge is -2.20. The van der Waals surface area contributed by atoms with Crippen LogP contribution in [-0.4, -0.2) is 21.0 Å². The summed E-state index contributed by atoms with van der Waals surface area (Å²) in [5, 5.41) is 10.0. The summed E-state index contributed by atoms with van der Waals surface area (Å²) in [5.74, 6) is -1.03. The molecular weight excluding hydrogens is 396 g/mol. The average Bonchev–Trinajstić information content (AvgIpc) is 3.20. The van der Waals surface area contributed by atoms with Gasteiger partial charge < -0.3 is 5.11 Å². The zero-order valence-corrected chi connectivity index (χ0v) is 16.7. The van der Waals surface area contributed by atoms with E-state index in [1.54, 1.807) is 17.4 Å². The van der Waals surface area contributed by atoms with Gasteiger partial charge in [-0.2, -0.15) is 0 Å². The number of nitrogens with one attached hydrogen (secondary N) is 2. The van der Waals surface area contributed by atoms with E-state index in [0.717, 1.165) is 45.0 Å². The lowest BCUT2D eigenvalue weighted by molar-refractivity contribution is 0.0690. The van der Waals surface area contributed by atoms with E-state index in [4.69, 9.17) is 0 Å². The summed E-state index contributed by atoms with van der Waals surface area (Å²) in [5.41, 5.74) is 12.4. The summed E-state index contributed by atoms with van der Waals surface area (Å²) in [6.45, 7) is 0. The van der Waals surface area contributed by atoms with Crippen molar-refractivity contribution in [2.75, 3.05) is 5.43 Å². The van der Waals surface area contributed by atoms with E-state index >= 15 is 0 Å². The van der Waals surface area contributed by atoms with Crippen molar-refractivity contribution in [2.24, 2.45) is 0 Å². The molecule has 1 aliphatic rings. The van der Waals surface area contributed by atoms with Crippen molar-refractivity contribution in [1.82, 2.24) is 15.4 Å². The topological polar surface area (TPSA) is 87.1 Å². The Morgan fingerprint density at radius 2 is 1.90 bits per heavy atom. The largest absolute Gasteiger partial charge is 0.477 e. The number of aryl methyl sites for hydroxylation is 1. The van der Waals surface area contributed by atoms with E-state index in [-0.39, 0.29) is 5.69 Å². The highest BCUT2D eigenvalue weighted by Gasteiger charge is 2.15. The highest BCUT2D eigenvalue weighted by molar-refractivity contribution is 7.22. The molecule has 0 radical (unpaired) electrons. The summed E-state index contributed by atoms with van der Waals surface area (Å²) in [7, 11) is 0. The number of allylic oxidation sites excluding steroid dienone is 1. The number of thiazole rings is 1. The minimum atomic E-state index is -1.03. The molecule has 0 atom stereocenters. The molecule has 4 aromatic rings. The maximum atomic E-state index is 11.3. The fourth-order valence-electron chi connectivity index (χ4n) is 3.57. The van der Waals surface area contributed by atoms with Crippen molar-refractivity contribution in [1.29, 1.82) is 0 Å². The molecule has 0 saturated heterocycles. The van der Waals surface area contributed by atoms with Crippen molar-refractivity contribution >= 4 is 38.4 Å². The first-order valence-electron chi connectivity index (χ1n) is 9.59. The molecule has 0 unspecified atom stereocenters. The van der Waals surface area contributed by atoms with Gasteiger partial charge in [0, 0.05) is 11.1 Å². The van der Waals surface area contributed by atoms with Gasteiger partial charge in [0.25, 0.3) is 0 Å². The highest BCUT2D eigenvalue weighted by Crippen LogP contribution is 2.30. The van der Waals surface area contributed by atoms with E-state index in [2.05, 4.69) is 45.1 Å². The first-order chi connectivity index (χ1) is 14.7. The summed E-state index contributed by atoms with van der Waals surface area (Å²) in [6.07, 6.45) is 4.07. The number of carboxylic acids is 1. The van der Waals surface area contributed by atoms with Gasteiger partial charge in [0.15, 0.2) is 0 Å². The zero-order valence-electron chi connectivity index (χ0n) is 15.9. The molecule has 0 fully saturated rings. The Balaban J connectivity index is 1.42. The molecule has 2 heterocycles. The first-order valence-corrected chi connectivity index (χ1v) is 10.4. The number of benzene rings is 2. The van der Waals surface area contributed by atoms with E-state index in [1.165, 1.54) is 11.6 Å². The number of aromatic nitrogens is 2.